The zero-order chi connectivity index (χ0) is 11.8. The third-order valence-corrected chi connectivity index (χ3v) is 2.51. The number of hydrogen-bond acceptors (Lipinski definition) is 2. The first kappa shape index (κ1) is 12.8. The van der Waals surface area contributed by atoms with Gasteiger partial charge in [0.05, 0.1) is 5.69 Å². The first-order chi connectivity index (χ1) is 7.79. The van der Waals surface area contributed by atoms with E-state index in [0.29, 0.717) is 0 Å². The van der Waals surface area contributed by atoms with Crippen LogP contribution in [0.15, 0.2) is 6.20 Å². The van der Waals surface area contributed by atoms with E-state index in [1.54, 1.807) is 0 Å². The van der Waals surface area contributed by atoms with Crippen molar-refractivity contribution in [2.45, 2.75) is 46.7 Å². The van der Waals surface area contributed by atoms with Crippen LogP contribution >= 0.6 is 0 Å². The predicted molar refractivity (Wildman–Crippen MR) is 67.0 cm³/mol. The van der Waals surface area contributed by atoms with Crippen LogP contribution in [-0.2, 0) is 13.1 Å². The number of rotatable bonds is 6. The minimum absolute atomic E-state index is 0.897. The largest absolute Gasteiger partial charge is 0.330 e. The molecule has 1 aromatic heterocycles. The Kier molecular flexibility index (Phi) is 5.66. The van der Waals surface area contributed by atoms with Gasteiger partial charge >= 0.3 is 0 Å². The van der Waals surface area contributed by atoms with Crippen molar-refractivity contribution in [3.8, 4) is 11.8 Å². The molecule has 0 aliphatic rings. The van der Waals surface area contributed by atoms with Gasteiger partial charge in [-0.2, -0.15) is 0 Å². The maximum atomic E-state index is 4.35. The fourth-order valence-corrected chi connectivity index (χ4v) is 1.65. The molecule has 3 heteroatoms. The quantitative estimate of drug-likeness (QED) is 0.586. The van der Waals surface area contributed by atoms with Crippen molar-refractivity contribution in [3.63, 3.8) is 0 Å². The maximum Gasteiger partial charge on any atom is 0.105 e. The van der Waals surface area contributed by atoms with Crippen LogP contribution in [-0.4, -0.2) is 16.1 Å². The summed E-state index contributed by atoms with van der Waals surface area (Å²) in [7, 11) is 0. The summed E-state index contributed by atoms with van der Waals surface area (Å²) in [6.07, 6.45) is 4.01. The minimum Gasteiger partial charge on any atom is -0.330 e. The van der Waals surface area contributed by atoms with Gasteiger partial charge in [-0.15, -0.1) is 11.8 Å². The lowest BCUT2D eigenvalue weighted by Gasteiger charge is -2.09. The monoisotopic (exact) mass is 219 g/mol. The fraction of sp³-hybridized carbons (Fsp3) is 0.615. The summed E-state index contributed by atoms with van der Waals surface area (Å²) in [5.41, 5.74) is 1.25. The molecule has 0 saturated heterocycles. The molecule has 0 atom stereocenters. The van der Waals surface area contributed by atoms with E-state index in [1.807, 2.05) is 20.0 Å². The summed E-state index contributed by atoms with van der Waals surface area (Å²) in [6, 6.07) is 0. The van der Waals surface area contributed by atoms with Crippen molar-refractivity contribution in [2.75, 3.05) is 6.54 Å². The third-order valence-electron chi connectivity index (χ3n) is 2.51. The van der Waals surface area contributed by atoms with E-state index < -0.39 is 0 Å². The Labute approximate surface area is 98.3 Å². The molecule has 1 rings (SSSR count). The SMILES string of the molecule is CC#CCCn1c(CNCCC)cnc1C. The maximum absolute atomic E-state index is 4.35. The Morgan fingerprint density at radius 2 is 2.31 bits per heavy atom. The van der Waals surface area contributed by atoms with Crippen LogP contribution in [0.3, 0.4) is 0 Å². The predicted octanol–water partition coefficient (Wildman–Crippen LogP) is 2.10. The zero-order valence-corrected chi connectivity index (χ0v) is 10.5. The van der Waals surface area contributed by atoms with Gasteiger partial charge in [0.25, 0.3) is 0 Å². The van der Waals surface area contributed by atoms with Crippen LogP contribution in [0.5, 0.6) is 0 Å². The normalized spacial score (nSPS) is 9.94. The summed E-state index contributed by atoms with van der Waals surface area (Å²) >= 11 is 0. The third kappa shape index (κ3) is 3.71. The van der Waals surface area contributed by atoms with Crippen LogP contribution in [0.2, 0.25) is 0 Å². The van der Waals surface area contributed by atoms with E-state index in [1.165, 1.54) is 5.69 Å². The molecule has 16 heavy (non-hydrogen) atoms. The van der Waals surface area contributed by atoms with Gasteiger partial charge in [-0.25, -0.2) is 4.98 Å². The van der Waals surface area contributed by atoms with Gasteiger partial charge in [-0.1, -0.05) is 6.92 Å². The van der Waals surface area contributed by atoms with Gasteiger partial charge in [0, 0.05) is 25.7 Å². The lowest BCUT2D eigenvalue weighted by molar-refractivity contribution is 0.602. The van der Waals surface area contributed by atoms with Crippen LogP contribution < -0.4 is 5.32 Å². The van der Waals surface area contributed by atoms with E-state index in [-0.39, 0.29) is 0 Å². The highest BCUT2D eigenvalue weighted by atomic mass is 15.1. The van der Waals surface area contributed by atoms with Crippen molar-refractivity contribution in [2.24, 2.45) is 0 Å². The Morgan fingerprint density at radius 3 is 3.00 bits per heavy atom. The molecule has 0 saturated carbocycles. The second-order valence-electron chi connectivity index (χ2n) is 3.80. The lowest BCUT2D eigenvalue weighted by atomic mass is 10.3. The minimum atomic E-state index is 0.897. The second-order valence-corrected chi connectivity index (χ2v) is 3.80. The average molecular weight is 219 g/mol. The number of nitrogens with zero attached hydrogens (tertiary/aromatic N) is 2. The summed E-state index contributed by atoms with van der Waals surface area (Å²) < 4.78 is 2.24. The van der Waals surface area contributed by atoms with Crippen molar-refractivity contribution < 1.29 is 0 Å². The molecule has 0 bridgehead atoms. The van der Waals surface area contributed by atoms with E-state index in [0.717, 1.165) is 38.3 Å². The molecule has 0 aromatic carbocycles. The lowest BCUT2D eigenvalue weighted by Crippen LogP contribution is -2.17. The topological polar surface area (TPSA) is 29.9 Å². The van der Waals surface area contributed by atoms with Crippen LogP contribution in [0.4, 0.5) is 0 Å². The van der Waals surface area contributed by atoms with E-state index in [9.17, 15) is 0 Å². The van der Waals surface area contributed by atoms with Gasteiger partial charge in [0.1, 0.15) is 5.82 Å². The molecule has 0 fully saturated rings. The molecule has 0 radical (unpaired) electrons. The summed E-state index contributed by atoms with van der Waals surface area (Å²) in [6.45, 7) is 8.99. The van der Waals surface area contributed by atoms with Crippen molar-refractivity contribution >= 4 is 0 Å². The first-order valence-electron chi connectivity index (χ1n) is 5.91. The number of aromatic nitrogens is 2. The Hall–Kier alpha value is -1.27. The van der Waals surface area contributed by atoms with Crippen LogP contribution in [0.1, 0.15) is 38.2 Å². The van der Waals surface area contributed by atoms with E-state index in [2.05, 4.69) is 33.6 Å². The van der Waals surface area contributed by atoms with Gasteiger partial charge in [0.2, 0.25) is 0 Å². The van der Waals surface area contributed by atoms with Crippen molar-refractivity contribution in [3.05, 3.63) is 17.7 Å². The molecular weight excluding hydrogens is 198 g/mol. The number of imidazole rings is 1. The Bertz CT molecular complexity index is 368. The molecule has 1 aromatic rings. The summed E-state index contributed by atoms with van der Waals surface area (Å²) in [4.78, 5) is 4.35. The van der Waals surface area contributed by atoms with Crippen LogP contribution in [0, 0.1) is 18.8 Å². The standard InChI is InChI=1S/C13H21N3/c1-4-6-7-9-16-12(3)15-11-13(16)10-14-8-5-2/h11,14H,5,7-10H2,1-3H3. The molecule has 0 amide bonds. The number of aryl methyl sites for hydroxylation is 1. The molecule has 0 unspecified atom stereocenters. The van der Waals surface area contributed by atoms with Crippen molar-refractivity contribution in [1.82, 2.24) is 14.9 Å². The summed E-state index contributed by atoms with van der Waals surface area (Å²) in [5, 5.41) is 3.40. The van der Waals surface area contributed by atoms with Gasteiger partial charge in [-0.3, -0.25) is 0 Å². The Balaban J connectivity index is 2.57. The van der Waals surface area contributed by atoms with Crippen LogP contribution in [0.25, 0.3) is 0 Å². The first-order valence-corrected chi connectivity index (χ1v) is 5.91. The molecule has 88 valence electrons. The molecular formula is C13H21N3. The molecule has 1 N–H and O–H groups in total. The van der Waals surface area contributed by atoms with E-state index >= 15 is 0 Å². The molecule has 3 nitrogen and oxygen atoms in total. The summed E-state index contributed by atoms with van der Waals surface area (Å²) in [5.74, 6) is 7.09. The fourth-order valence-electron chi connectivity index (χ4n) is 1.65. The van der Waals surface area contributed by atoms with Gasteiger partial charge in [-0.05, 0) is 26.8 Å². The molecule has 1 heterocycles. The van der Waals surface area contributed by atoms with Crippen molar-refractivity contribution in [1.29, 1.82) is 0 Å². The molecule has 0 aliphatic heterocycles. The molecule has 0 aliphatic carbocycles. The van der Waals surface area contributed by atoms with E-state index in [4.69, 9.17) is 0 Å². The number of hydrogen-bond donors (Lipinski definition) is 1. The zero-order valence-electron chi connectivity index (χ0n) is 10.5. The highest BCUT2D eigenvalue weighted by molar-refractivity contribution is 5.05. The highest BCUT2D eigenvalue weighted by Gasteiger charge is 2.04. The average Bonchev–Trinajstić information content (AvgIpc) is 2.62. The van der Waals surface area contributed by atoms with Gasteiger partial charge in [0.15, 0.2) is 0 Å². The second kappa shape index (κ2) is 7.08. The molecule has 0 spiro atoms. The highest BCUT2D eigenvalue weighted by Crippen LogP contribution is 2.05. The van der Waals surface area contributed by atoms with Gasteiger partial charge < -0.3 is 9.88 Å². The number of nitrogens with one attached hydrogen (secondary N) is 1. The smallest absolute Gasteiger partial charge is 0.105 e. The Morgan fingerprint density at radius 1 is 1.50 bits per heavy atom.